The summed E-state index contributed by atoms with van der Waals surface area (Å²) < 4.78 is 4.39. The first kappa shape index (κ1) is 15.6. The van der Waals surface area contributed by atoms with Crippen LogP contribution < -0.4 is 11.0 Å². The summed E-state index contributed by atoms with van der Waals surface area (Å²) >= 11 is 1.40. The first-order chi connectivity index (χ1) is 12.7. The highest BCUT2D eigenvalue weighted by Gasteiger charge is 2.26. The van der Waals surface area contributed by atoms with Crippen LogP contribution in [0.25, 0.3) is 26.8 Å². The maximum Gasteiger partial charge on any atom is 0.268 e. The molecule has 0 bridgehead atoms. The Morgan fingerprint density at radius 1 is 1.04 bits per heavy atom. The van der Waals surface area contributed by atoms with Crippen LogP contribution in [0, 0.1) is 0 Å². The van der Waals surface area contributed by atoms with E-state index in [2.05, 4.69) is 6.07 Å². The maximum atomic E-state index is 13.5. The predicted octanol–water partition coefficient (Wildman–Crippen LogP) is 4.17. The van der Waals surface area contributed by atoms with Gasteiger partial charge in [0.15, 0.2) is 0 Å². The van der Waals surface area contributed by atoms with Gasteiger partial charge in [-0.25, -0.2) is 0 Å². The summed E-state index contributed by atoms with van der Waals surface area (Å²) in [5.41, 5.74) is 3.12. The smallest absolute Gasteiger partial charge is 0.268 e. The van der Waals surface area contributed by atoms with Crippen molar-refractivity contribution in [2.75, 3.05) is 0 Å². The summed E-state index contributed by atoms with van der Waals surface area (Å²) in [6.07, 6.45) is 3.37. The minimum absolute atomic E-state index is 0.155. The number of fused-ring (bicyclic) bond motifs is 2. The molecule has 0 N–H and O–H groups in total. The number of aryl methyl sites for hydroxylation is 1. The molecule has 3 aromatic heterocycles. The molecule has 3 heterocycles. The van der Waals surface area contributed by atoms with Crippen molar-refractivity contribution in [1.29, 1.82) is 0 Å². The van der Waals surface area contributed by atoms with Gasteiger partial charge < -0.3 is 4.57 Å². The van der Waals surface area contributed by atoms with Gasteiger partial charge in [0.1, 0.15) is 5.39 Å². The van der Waals surface area contributed by atoms with E-state index in [9.17, 15) is 9.59 Å². The molecule has 0 unspecified atom stereocenters. The molecule has 0 saturated heterocycles. The molecule has 5 rings (SSSR count). The Kier molecular flexibility index (Phi) is 3.40. The van der Waals surface area contributed by atoms with Gasteiger partial charge in [-0.1, -0.05) is 24.6 Å². The summed E-state index contributed by atoms with van der Waals surface area (Å²) in [7, 11) is 1.94. The topological polar surface area (TPSA) is 44.0 Å². The number of benzene rings is 1. The van der Waals surface area contributed by atoms with Crippen LogP contribution in [0.1, 0.15) is 30.9 Å². The van der Waals surface area contributed by atoms with Crippen LogP contribution in [0.3, 0.4) is 0 Å². The summed E-state index contributed by atoms with van der Waals surface area (Å²) in [5, 5.41) is 2.20. The summed E-state index contributed by atoms with van der Waals surface area (Å²) in [5.74, 6) is 0.376. The number of thiophene rings is 1. The van der Waals surface area contributed by atoms with E-state index in [1.165, 1.54) is 17.8 Å². The molecule has 0 spiro atoms. The summed E-state index contributed by atoms with van der Waals surface area (Å²) in [6, 6.07) is 13.7. The lowest BCUT2D eigenvalue weighted by atomic mass is 9.82. The molecule has 1 aromatic carbocycles. The van der Waals surface area contributed by atoms with Gasteiger partial charge in [-0.05, 0) is 48.4 Å². The van der Waals surface area contributed by atoms with Gasteiger partial charge in [0.2, 0.25) is 5.43 Å². The van der Waals surface area contributed by atoms with E-state index in [-0.39, 0.29) is 16.4 Å². The number of nitrogens with zero attached hydrogens (tertiary/aromatic N) is 2. The Bertz CT molecular complexity index is 1260. The number of hydrogen-bond acceptors (Lipinski definition) is 3. The zero-order valence-electron chi connectivity index (χ0n) is 14.4. The average molecular weight is 362 g/mol. The van der Waals surface area contributed by atoms with Crippen molar-refractivity contribution < 1.29 is 0 Å². The van der Waals surface area contributed by atoms with Crippen molar-refractivity contribution in [3.8, 4) is 5.69 Å². The molecule has 1 aliphatic carbocycles. The Morgan fingerprint density at radius 3 is 2.50 bits per heavy atom. The highest BCUT2D eigenvalue weighted by atomic mass is 32.1. The van der Waals surface area contributed by atoms with Crippen LogP contribution in [0.4, 0.5) is 0 Å². The van der Waals surface area contributed by atoms with Gasteiger partial charge in [-0.3, -0.25) is 14.2 Å². The molecule has 1 aliphatic rings. The van der Waals surface area contributed by atoms with E-state index in [0.717, 1.165) is 35.3 Å². The Hall–Kier alpha value is -2.66. The van der Waals surface area contributed by atoms with Crippen molar-refractivity contribution in [3.05, 3.63) is 74.1 Å². The summed E-state index contributed by atoms with van der Waals surface area (Å²) in [6.45, 7) is 0. The van der Waals surface area contributed by atoms with Crippen LogP contribution in [0.15, 0.2) is 57.4 Å². The predicted molar refractivity (Wildman–Crippen MR) is 107 cm³/mol. The van der Waals surface area contributed by atoms with E-state index in [1.54, 1.807) is 4.57 Å². The molecule has 26 heavy (non-hydrogen) atoms. The third kappa shape index (κ3) is 2.07. The lowest BCUT2D eigenvalue weighted by Gasteiger charge is -2.29. The van der Waals surface area contributed by atoms with E-state index >= 15 is 0 Å². The van der Waals surface area contributed by atoms with Gasteiger partial charge in [-0.2, -0.15) is 0 Å². The fraction of sp³-hybridized carbons (Fsp3) is 0.238. The van der Waals surface area contributed by atoms with Gasteiger partial charge in [0, 0.05) is 18.4 Å². The van der Waals surface area contributed by atoms with E-state index < -0.39 is 0 Å². The maximum absolute atomic E-state index is 13.5. The zero-order valence-corrected chi connectivity index (χ0v) is 15.3. The molecule has 0 atom stereocenters. The second kappa shape index (κ2) is 5.68. The number of hydrogen-bond donors (Lipinski definition) is 0. The SMILES string of the molecule is Cn1c2ccsc2c(=O)c2c(=O)n(-c3ccccc3)c(C3CCC3)cc21. The summed E-state index contributed by atoms with van der Waals surface area (Å²) in [4.78, 5) is 26.5. The fourth-order valence-electron chi connectivity index (χ4n) is 3.92. The van der Waals surface area contributed by atoms with Crippen LogP contribution in [-0.2, 0) is 7.05 Å². The van der Waals surface area contributed by atoms with Crippen LogP contribution >= 0.6 is 11.3 Å². The molecule has 4 aromatic rings. The lowest BCUT2D eigenvalue weighted by Crippen LogP contribution is -2.30. The quantitative estimate of drug-likeness (QED) is 0.537. The molecule has 0 aliphatic heterocycles. The van der Waals surface area contributed by atoms with Crippen molar-refractivity contribution in [2.24, 2.45) is 7.05 Å². The second-order valence-electron chi connectivity index (χ2n) is 6.96. The minimum atomic E-state index is -0.202. The average Bonchev–Trinajstić information content (AvgIpc) is 3.09. The first-order valence-corrected chi connectivity index (χ1v) is 9.76. The van der Waals surface area contributed by atoms with Crippen LogP contribution in [0.5, 0.6) is 0 Å². The first-order valence-electron chi connectivity index (χ1n) is 8.88. The third-order valence-corrected chi connectivity index (χ3v) is 6.46. The Balaban J connectivity index is 1.98. The van der Waals surface area contributed by atoms with Crippen molar-refractivity contribution in [2.45, 2.75) is 25.2 Å². The number of rotatable bonds is 2. The van der Waals surface area contributed by atoms with Crippen molar-refractivity contribution >= 4 is 32.5 Å². The molecule has 4 nitrogen and oxygen atoms in total. The number of para-hydroxylation sites is 1. The van der Waals surface area contributed by atoms with Crippen LogP contribution in [0.2, 0.25) is 0 Å². The molecule has 0 radical (unpaired) electrons. The number of aromatic nitrogens is 2. The van der Waals surface area contributed by atoms with Crippen molar-refractivity contribution in [3.63, 3.8) is 0 Å². The monoisotopic (exact) mass is 362 g/mol. The van der Waals surface area contributed by atoms with E-state index in [0.29, 0.717) is 10.6 Å². The van der Waals surface area contributed by atoms with Gasteiger partial charge in [-0.15, -0.1) is 11.3 Å². The fourth-order valence-corrected chi connectivity index (χ4v) is 4.79. The Morgan fingerprint density at radius 2 is 1.81 bits per heavy atom. The normalized spacial score (nSPS) is 14.8. The van der Waals surface area contributed by atoms with Gasteiger partial charge >= 0.3 is 0 Å². The zero-order chi connectivity index (χ0) is 17.8. The molecule has 1 saturated carbocycles. The number of pyridine rings is 2. The van der Waals surface area contributed by atoms with E-state index in [1.807, 2.05) is 53.4 Å². The molecule has 1 fully saturated rings. The molecular weight excluding hydrogens is 344 g/mol. The highest BCUT2D eigenvalue weighted by molar-refractivity contribution is 7.17. The van der Waals surface area contributed by atoms with Gasteiger partial charge in [0.25, 0.3) is 5.56 Å². The molecule has 5 heteroatoms. The molecule has 130 valence electrons. The standard InChI is InChI=1S/C21H18N2O2S/c1-22-15-10-11-26-20(15)19(24)18-17(22)12-16(13-6-5-7-13)23(21(18)25)14-8-3-2-4-9-14/h2-4,8-13H,5-7H2,1H3. The van der Waals surface area contributed by atoms with Gasteiger partial charge in [0.05, 0.1) is 15.7 Å². The largest absolute Gasteiger partial charge is 0.343 e. The molecule has 0 amide bonds. The van der Waals surface area contributed by atoms with E-state index in [4.69, 9.17) is 0 Å². The third-order valence-electron chi connectivity index (χ3n) is 5.55. The molecular formula is C21H18N2O2S. The lowest BCUT2D eigenvalue weighted by molar-refractivity contribution is 0.404. The minimum Gasteiger partial charge on any atom is -0.343 e. The second-order valence-corrected chi connectivity index (χ2v) is 7.87. The Labute approximate surface area is 153 Å². The van der Waals surface area contributed by atoms with Crippen LogP contribution in [-0.4, -0.2) is 9.13 Å². The van der Waals surface area contributed by atoms with Crippen molar-refractivity contribution in [1.82, 2.24) is 9.13 Å². The highest BCUT2D eigenvalue weighted by Crippen LogP contribution is 2.37.